The van der Waals surface area contributed by atoms with Crippen molar-refractivity contribution >= 4 is 12.0 Å². The number of aromatic nitrogens is 1. The molecule has 2 aromatic rings. The van der Waals surface area contributed by atoms with Gasteiger partial charge in [0.1, 0.15) is 6.61 Å². The van der Waals surface area contributed by atoms with Crippen molar-refractivity contribution in [1.82, 2.24) is 9.47 Å². The Hall–Kier alpha value is -2.89. The zero-order valence-corrected chi connectivity index (χ0v) is 13.9. The zero-order valence-electron chi connectivity index (χ0n) is 13.9. The Balaban J connectivity index is 1.59. The molecule has 1 aromatic carbocycles. The number of pyridine rings is 1. The first-order valence-electron chi connectivity index (χ1n) is 8.38. The molecule has 1 saturated heterocycles. The average molecular weight is 340 g/mol. The van der Waals surface area contributed by atoms with Gasteiger partial charge in [0.2, 0.25) is 0 Å². The van der Waals surface area contributed by atoms with Gasteiger partial charge in [-0.25, -0.2) is 9.36 Å². The summed E-state index contributed by atoms with van der Waals surface area (Å²) in [4.78, 5) is 37.7. The van der Waals surface area contributed by atoms with Crippen LogP contribution in [0.1, 0.15) is 35.2 Å². The number of hydrogen-bond acceptors (Lipinski definition) is 4. The average Bonchev–Trinajstić information content (AvgIpc) is 2.67. The van der Waals surface area contributed by atoms with Crippen molar-refractivity contribution in [2.24, 2.45) is 0 Å². The molecular formula is C19H20N2O4. The highest BCUT2D eigenvalue weighted by Gasteiger charge is 2.18. The van der Waals surface area contributed by atoms with Crippen LogP contribution in [0.5, 0.6) is 0 Å². The van der Waals surface area contributed by atoms with Crippen molar-refractivity contribution in [3.05, 3.63) is 70.1 Å². The lowest BCUT2D eigenvalue weighted by Crippen LogP contribution is -2.35. The number of piperidine rings is 1. The Morgan fingerprint density at radius 2 is 1.68 bits per heavy atom. The summed E-state index contributed by atoms with van der Waals surface area (Å²) in [7, 11) is 0. The molecule has 130 valence electrons. The molecule has 1 amide bonds. The maximum atomic E-state index is 12.4. The van der Waals surface area contributed by atoms with Gasteiger partial charge < -0.3 is 9.64 Å². The molecule has 0 aliphatic carbocycles. The van der Waals surface area contributed by atoms with E-state index in [1.165, 1.54) is 18.7 Å². The molecule has 3 rings (SSSR count). The van der Waals surface area contributed by atoms with E-state index >= 15 is 0 Å². The minimum absolute atomic E-state index is 0.0400. The molecule has 6 heteroatoms. The smallest absolute Gasteiger partial charge is 0.421 e. The van der Waals surface area contributed by atoms with Crippen molar-refractivity contribution in [3.63, 3.8) is 0 Å². The largest absolute Gasteiger partial charge is 0.444 e. The predicted molar refractivity (Wildman–Crippen MR) is 92.5 cm³/mol. The highest BCUT2D eigenvalue weighted by atomic mass is 16.5. The molecule has 6 nitrogen and oxygen atoms in total. The molecule has 2 heterocycles. The summed E-state index contributed by atoms with van der Waals surface area (Å²) < 4.78 is 6.05. The van der Waals surface area contributed by atoms with E-state index in [9.17, 15) is 14.4 Å². The first-order valence-corrected chi connectivity index (χ1v) is 8.38. The van der Waals surface area contributed by atoms with Crippen molar-refractivity contribution in [2.45, 2.75) is 25.9 Å². The van der Waals surface area contributed by atoms with Crippen molar-refractivity contribution in [3.8, 4) is 0 Å². The number of likely N-dealkylation sites (tertiary alicyclic amines) is 1. The van der Waals surface area contributed by atoms with E-state index in [4.69, 9.17) is 4.74 Å². The lowest BCUT2D eigenvalue weighted by molar-refractivity contribution is 0.0724. The van der Waals surface area contributed by atoms with Gasteiger partial charge in [0.25, 0.3) is 11.5 Å². The highest BCUT2D eigenvalue weighted by Crippen LogP contribution is 2.14. The SMILES string of the molecule is O=C(c1ccc(COC(=O)n2ccccc2=O)cc1)N1CCCCC1. The second-order valence-corrected chi connectivity index (χ2v) is 6.01. The fraction of sp³-hybridized carbons (Fsp3) is 0.316. The molecule has 0 bridgehead atoms. The van der Waals surface area contributed by atoms with Crippen LogP contribution < -0.4 is 5.56 Å². The van der Waals surface area contributed by atoms with Gasteiger partial charge in [0.15, 0.2) is 0 Å². The Morgan fingerprint density at radius 1 is 0.960 bits per heavy atom. The minimum atomic E-state index is -0.723. The van der Waals surface area contributed by atoms with E-state index in [-0.39, 0.29) is 12.5 Å². The molecule has 1 aliphatic heterocycles. The van der Waals surface area contributed by atoms with Gasteiger partial charge >= 0.3 is 6.09 Å². The quantitative estimate of drug-likeness (QED) is 0.861. The van der Waals surface area contributed by atoms with E-state index in [1.807, 2.05) is 4.90 Å². The number of amides is 1. The molecule has 0 N–H and O–H groups in total. The number of benzene rings is 1. The normalized spacial score (nSPS) is 14.2. The molecular weight excluding hydrogens is 320 g/mol. The maximum absolute atomic E-state index is 12.4. The number of carbonyl (C=O) groups excluding carboxylic acids is 2. The van der Waals surface area contributed by atoms with Crippen molar-refractivity contribution in [2.75, 3.05) is 13.1 Å². The summed E-state index contributed by atoms with van der Waals surface area (Å²) in [5, 5.41) is 0. The molecule has 0 atom stereocenters. The second-order valence-electron chi connectivity index (χ2n) is 6.01. The van der Waals surface area contributed by atoms with Gasteiger partial charge in [0, 0.05) is 30.9 Å². The van der Waals surface area contributed by atoms with Gasteiger partial charge in [-0.1, -0.05) is 18.2 Å². The van der Waals surface area contributed by atoms with Crippen LogP contribution in [-0.2, 0) is 11.3 Å². The van der Waals surface area contributed by atoms with E-state index in [0.29, 0.717) is 5.56 Å². The van der Waals surface area contributed by atoms with Crippen molar-refractivity contribution < 1.29 is 14.3 Å². The number of carbonyl (C=O) groups is 2. The molecule has 1 aromatic heterocycles. The standard InChI is InChI=1S/C19H20N2O4/c22-17-6-2-5-13-21(17)19(24)25-14-15-7-9-16(10-8-15)18(23)20-11-3-1-4-12-20/h2,5-10,13H,1,3-4,11-12,14H2. The van der Waals surface area contributed by atoms with Gasteiger partial charge in [-0.3, -0.25) is 9.59 Å². The van der Waals surface area contributed by atoms with E-state index in [1.54, 1.807) is 36.4 Å². The summed E-state index contributed by atoms with van der Waals surface area (Å²) >= 11 is 0. The highest BCUT2D eigenvalue weighted by molar-refractivity contribution is 5.94. The molecule has 0 saturated carbocycles. The third kappa shape index (κ3) is 4.15. The van der Waals surface area contributed by atoms with Crippen LogP contribution in [0.4, 0.5) is 4.79 Å². The third-order valence-corrected chi connectivity index (χ3v) is 4.23. The monoisotopic (exact) mass is 340 g/mol. The number of ether oxygens (including phenoxy) is 1. The summed E-state index contributed by atoms with van der Waals surface area (Å²) in [5.41, 5.74) is 0.957. The second kappa shape index (κ2) is 7.79. The van der Waals surface area contributed by atoms with Crippen LogP contribution in [0.25, 0.3) is 0 Å². The molecule has 25 heavy (non-hydrogen) atoms. The lowest BCUT2D eigenvalue weighted by atomic mass is 10.1. The van der Waals surface area contributed by atoms with Crippen LogP contribution in [0.15, 0.2) is 53.5 Å². The Labute approximate surface area is 145 Å². The van der Waals surface area contributed by atoms with E-state index in [2.05, 4.69) is 0 Å². The Kier molecular flexibility index (Phi) is 5.28. The van der Waals surface area contributed by atoms with E-state index < -0.39 is 11.7 Å². The maximum Gasteiger partial charge on any atom is 0.421 e. The first-order chi connectivity index (χ1) is 12.1. The molecule has 1 aliphatic rings. The lowest BCUT2D eigenvalue weighted by Gasteiger charge is -2.26. The topological polar surface area (TPSA) is 68.6 Å². The molecule has 0 spiro atoms. The third-order valence-electron chi connectivity index (χ3n) is 4.23. The molecule has 0 radical (unpaired) electrons. The number of rotatable bonds is 3. The predicted octanol–water partition coefficient (Wildman–Crippen LogP) is 2.66. The van der Waals surface area contributed by atoms with Gasteiger partial charge in [-0.05, 0) is 43.0 Å². The van der Waals surface area contributed by atoms with E-state index in [0.717, 1.165) is 36.1 Å². The Morgan fingerprint density at radius 3 is 2.36 bits per heavy atom. The fourth-order valence-electron chi connectivity index (χ4n) is 2.82. The number of hydrogen-bond donors (Lipinski definition) is 0. The molecule has 1 fully saturated rings. The fourth-order valence-corrected chi connectivity index (χ4v) is 2.82. The van der Waals surface area contributed by atoms with Crippen LogP contribution in [0.2, 0.25) is 0 Å². The van der Waals surface area contributed by atoms with Crippen LogP contribution in [0, 0.1) is 0 Å². The summed E-state index contributed by atoms with van der Waals surface area (Å²) in [5.74, 6) is 0.0408. The van der Waals surface area contributed by atoms with Crippen LogP contribution in [-0.4, -0.2) is 34.6 Å². The molecule has 0 unspecified atom stereocenters. The van der Waals surface area contributed by atoms with Crippen LogP contribution in [0.3, 0.4) is 0 Å². The van der Waals surface area contributed by atoms with Crippen LogP contribution >= 0.6 is 0 Å². The minimum Gasteiger partial charge on any atom is -0.444 e. The van der Waals surface area contributed by atoms with Gasteiger partial charge in [-0.2, -0.15) is 0 Å². The van der Waals surface area contributed by atoms with Gasteiger partial charge in [-0.15, -0.1) is 0 Å². The summed E-state index contributed by atoms with van der Waals surface area (Å²) in [6, 6.07) is 11.5. The van der Waals surface area contributed by atoms with Crippen molar-refractivity contribution in [1.29, 1.82) is 0 Å². The number of nitrogens with zero attached hydrogens (tertiary/aromatic N) is 2. The zero-order chi connectivity index (χ0) is 17.6. The Bertz CT molecular complexity index is 805. The first kappa shape index (κ1) is 17.0. The summed E-state index contributed by atoms with van der Waals surface area (Å²) in [6.07, 6.45) is 3.93. The van der Waals surface area contributed by atoms with Gasteiger partial charge in [0.05, 0.1) is 0 Å². The summed E-state index contributed by atoms with van der Waals surface area (Å²) in [6.45, 7) is 1.66.